The molecule has 2 nitrogen and oxygen atoms in total. The lowest BCUT2D eigenvalue weighted by Gasteiger charge is -1.83. The Morgan fingerprint density at radius 1 is 1.55 bits per heavy atom. The van der Waals surface area contributed by atoms with Gasteiger partial charge < -0.3 is 4.42 Å². The predicted octanol–water partition coefficient (Wildman–Crippen LogP) is 2.39. The molecular weight excluding hydrogens is 138 g/mol. The van der Waals surface area contributed by atoms with Gasteiger partial charge in [-0.05, 0) is 12.1 Å². The quantitative estimate of drug-likeness (QED) is 0.619. The number of nitrogens with zero attached hydrogens (tertiary/aromatic N) is 1. The summed E-state index contributed by atoms with van der Waals surface area (Å²) in [6, 6.07) is 3.91. The SMILES string of the molecule is CCc1cc2cnccc2o1. The molecule has 0 N–H and O–H groups in total. The third-order valence-corrected chi connectivity index (χ3v) is 1.72. The van der Waals surface area contributed by atoms with Crippen molar-refractivity contribution in [2.24, 2.45) is 0 Å². The molecule has 0 saturated carbocycles. The van der Waals surface area contributed by atoms with Gasteiger partial charge in [-0.1, -0.05) is 6.92 Å². The fraction of sp³-hybridized carbons (Fsp3) is 0.222. The average molecular weight is 147 g/mol. The molecule has 0 aliphatic heterocycles. The Hall–Kier alpha value is -1.31. The molecule has 0 spiro atoms. The lowest BCUT2D eigenvalue weighted by atomic mass is 10.3. The Labute approximate surface area is 64.9 Å². The molecule has 2 aromatic rings. The molecule has 0 aliphatic rings. The first-order valence-electron chi connectivity index (χ1n) is 3.72. The topological polar surface area (TPSA) is 26.0 Å². The Morgan fingerprint density at radius 3 is 3.18 bits per heavy atom. The number of hydrogen-bond acceptors (Lipinski definition) is 2. The standard InChI is InChI=1S/C9H9NO/c1-2-8-5-7-6-10-4-3-9(7)11-8/h3-6H,2H2,1H3. The summed E-state index contributed by atoms with van der Waals surface area (Å²) in [7, 11) is 0. The number of fused-ring (bicyclic) bond motifs is 1. The average Bonchev–Trinajstić information content (AvgIpc) is 2.46. The van der Waals surface area contributed by atoms with Crippen LogP contribution < -0.4 is 0 Å². The molecule has 0 aromatic carbocycles. The van der Waals surface area contributed by atoms with Gasteiger partial charge in [0.05, 0.1) is 0 Å². The van der Waals surface area contributed by atoms with Crippen LogP contribution in [0.25, 0.3) is 11.0 Å². The minimum Gasteiger partial charge on any atom is -0.461 e. The zero-order valence-corrected chi connectivity index (χ0v) is 6.37. The predicted molar refractivity (Wildman–Crippen MR) is 43.4 cm³/mol. The van der Waals surface area contributed by atoms with Crippen LogP contribution in [0.3, 0.4) is 0 Å². The molecule has 0 atom stereocenters. The monoisotopic (exact) mass is 147 g/mol. The summed E-state index contributed by atoms with van der Waals surface area (Å²) in [5.74, 6) is 1.02. The first kappa shape index (κ1) is 6.40. The van der Waals surface area contributed by atoms with E-state index in [-0.39, 0.29) is 0 Å². The lowest BCUT2D eigenvalue weighted by molar-refractivity contribution is 0.557. The van der Waals surface area contributed by atoms with Gasteiger partial charge in [-0.25, -0.2) is 0 Å². The van der Waals surface area contributed by atoms with Gasteiger partial charge in [0.2, 0.25) is 0 Å². The second kappa shape index (κ2) is 2.38. The summed E-state index contributed by atoms with van der Waals surface area (Å²) in [4.78, 5) is 4.00. The molecule has 0 aliphatic carbocycles. The number of rotatable bonds is 1. The third-order valence-electron chi connectivity index (χ3n) is 1.72. The van der Waals surface area contributed by atoms with E-state index in [1.807, 2.05) is 18.3 Å². The molecule has 2 rings (SSSR count). The number of hydrogen-bond donors (Lipinski definition) is 0. The van der Waals surface area contributed by atoms with Crippen molar-refractivity contribution in [1.82, 2.24) is 4.98 Å². The summed E-state index contributed by atoms with van der Waals surface area (Å²) >= 11 is 0. The number of pyridine rings is 1. The summed E-state index contributed by atoms with van der Waals surface area (Å²) in [6.07, 6.45) is 4.50. The van der Waals surface area contributed by atoms with Crippen molar-refractivity contribution in [1.29, 1.82) is 0 Å². The van der Waals surface area contributed by atoms with Gasteiger partial charge in [0.15, 0.2) is 0 Å². The van der Waals surface area contributed by atoms with Crippen LogP contribution in [0.2, 0.25) is 0 Å². The maximum absolute atomic E-state index is 5.48. The molecule has 2 heteroatoms. The molecule has 11 heavy (non-hydrogen) atoms. The number of aryl methyl sites for hydroxylation is 1. The number of aromatic nitrogens is 1. The maximum Gasteiger partial charge on any atom is 0.137 e. The highest BCUT2D eigenvalue weighted by Gasteiger charge is 1.99. The highest BCUT2D eigenvalue weighted by molar-refractivity contribution is 5.76. The van der Waals surface area contributed by atoms with Crippen LogP contribution >= 0.6 is 0 Å². The van der Waals surface area contributed by atoms with Gasteiger partial charge in [-0.3, -0.25) is 4.98 Å². The van der Waals surface area contributed by atoms with Gasteiger partial charge in [0, 0.05) is 24.2 Å². The van der Waals surface area contributed by atoms with Gasteiger partial charge in [-0.2, -0.15) is 0 Å². The third kappa shape index (κ3) is 1.00. The maximum atomic E-state index is 5.48. The Morgan fingerprint density at radius 2 is 2.45 bits per heavy atom. The van der Waals surface area contributed by atoms with Crippen molar-refractivity contribution < 1.29 is 4.42 Å². The zero-order chi connectivity index (χ0) is 7.68. The van der Waals surface area contributed by atoms with Crippen LogP contribution in [-0.4, -0.2) is 4.98 Å². The molecule has 0 radical (unpaired) electrons. The minimum absolute atomic E-state index is 0.928. The normalized spacial score (nSPS) is 10.6. The largest absolute Gasteiger partial charge is 0.461 e. The zero-order valence-electron chi connectivity index (χ0n) is 6.37. The van der Waals surface area contributed by atoms with E-state index < -0.39 is 0 Å². The van der Waals surface area contributed by atoms with Gasteiger partial charge in [0.1, 0.15) is 11.3 Å². The minimum atomic E-state index is 0.928. The molecule has 56 valence electrons. The Kier molecular flexibility index (Phi) is 1.39. The highest BCUT2D eigenvalue weighted by atomic mass is 16.3. The van der Waals surface area contributed by atoms with Crippen LogP contribution in [0, 0.1) is 0 Å². The van der Waals surface area contributed by atoms with Crippen molar-refractivity contribution in [3.8, 4) is 0 Å². The van der Waals surface area contributed by atoms with E-state index in [2.05, 4.69) is 11.9 Å². The van der Waals surface area contributed by atoms with Crippen molar-refractivity contribution in [3.05, 3.63) is 30.3 Å². The van der Waals surface area contributed by atoms with Crippen molar-refractivity contribution in [2.75, 3.05) is 0 Å². The first-order chi connectivity index (χ1) is 5.40. The van der Waals surface area contributed by atoms with Crippen molar-refractivity contribution in [2.45, 2.75) is 13.3 Å². The van der Waals surface area contributed by atoms with Crippen LogP contribution in [0.5, 0.6) is 0 Å². The summed E-state index contributed by atoms with van der Waals surface area (Å²) < 4.78 is 5.48. The lowest BCUT2D eigenvalue weighted by Crippen LogP contribution is -1.67. The van der Waals surface area contributed by atoms with E-state index in [1.54, 1.807) is 6.20 Å². The van der Waals surface area contributed by atoms with Crippen molar-refractivity contribution >= 4 is 11.0 Å². The van der Waals surface area contributed by atoms with E-state index >= 15 is 0 Å². The molecular formula is C9H9NO. The van der Waals surface area contributed by atoms with Crippen LogP contribution in [-0.2, 0) is 6.42 Å². The first-order valence-corrected chi connectivity index (χ1v) is 3.72. The van der Waals surface area contributed by atoms with Gasteiger partial charge in [0.25, 0.3) is 0 Å². The molecule has 0 saturated heterocycles. The van der Waals surface area contributed by atoms with Crippen molar-refractivity contribution in [3.63, 3.8) is 0 Å². The molecule has 0 amide bonds. The Balaban J connectivity index is 2.69. The van der Waals surface area contributed by atoms with E-state index in [0.717, 1.165) is 23.2 Å². The van der Waals surface area contributed by atoms with E-state index in [9.17, 15) is 0 Å². The summed E-state index contributed by atoms with van der Waals surface area (Å²) in [5.41, 5.74) is 0.928. The smallest absolute Gasteiger partial charge is 0.137 e. The molecule has 0 fully saturated rings. The highest BCUT2D eigenvalue weighted by Crippen LogP contribution is 2.17. The van der Waals surface area contributed by atoms with Crippen LogP contribution in [0.1, 0.15) is 12.7 Å². The fourth-order valence-corrected chi connectivity index (χ4v) is 1.11. The molecule has 0 bridgehead atoms. The van der Waals surface area contributed by atoms with Crippen LogP contribution in [0.15, 0.2) is 28.9 Å². The Bertz CT molecular complexity index is 331. The summed E-state index contributed by atoms with van der Waals surface area (Å²) in [5, 5.41) is 1.09. The number of furan rings is 1. The van der Waals surface area contributed by atoms with E-state index in [0.29, 0.717) is 0 Å². The summed E-state index contributed by atoms with van der Waals surface area (Å²) in [6.45, 7) is 2.07. The molecule has 0 unspecified atom stereocenters. The molecule has 2 heterocycles. The van der Waals surface area contributed by atoms with E-state index in [1.165, 1.54) is 0 Å². The fourth-order valence-electron chi connectivity index (χ4n) is 1.11. The van der Waals surface area contributed by atoms with Gasteiger partial charge in [-0.15, -0.1) is 0 Å². The second-order valence-corrected chi connectivity index (χ2v) is 2.48. The second-order valence-electron chi connectivity index (χ2n) is 2.48. The van der Waals surface area contributed by atoms with Crippen LogP contribution in [0.4, 0.5) is 0 Å². The van der Waals surface area contributed by atoms with Gasteiger partial charge >= 0.3 is 0 Å². The molecule has 2 aromatic heterocycles. The van der Waals surface area contributed by atoms with E-state index in [4.69, 9.17) is 4.42 Å².